The SMILES string of the molecule is CC(C)(C)CC(C)(C)c1ccc(OCC(=O)NCCc2nc3ccccc3[nH]2)cc1. The summed E-state index contributed by atoms with van der Waals surface area (Å²) in [5.74, 6) is 1.44. The van der Waals surface area contributed by atoms with Gasteiger partial charge in [-0.2, -0.15) is 0 Å². The number of nitrogens with one attached hydrogen (secondary N) is 2. The molecular formula is C25H33N3O2. The van der Waals surface area contributed by atoms with Gasteiger partial charge in [0.2, 0.25) is 0 Å². The van der Waals surface area contributed by atoms with E-state index in [1.165, 1.54) is 5.56 Å². The number of hydrogen-bond acceptors (Lipinski definition) is 3. The van der Waals surface area contributed by atoms with Gasteiger partial charge in [0.25, 0.3) is 5.91 Å². The third-order valence-corrected chi connectivity index (χ3v) is 5.10. The van der Waals surface area contributed by atoms with Gasteiger partial charge in [-0.1, -0.05) is 58.9 Å². The Morgan fingerprint density at radius 2 is 1.73 bits per heavy atom. The lowest BCUT2D eigenvalue weighted by Crippen LogP contribution is -2.30. The van der Waals surface area contributed by atoms with E-state index in [0.717, 1.165) is 23.3 Å². The summed E-state index contributed by atoms with van der Waals surface area (Å²) in [5.41, 5.74) is 3.58. The van der Waals surface area contributed by atoms with Crippen molar-refractivity contribution in [1.82, 2.24) is 15.3 Å². The smallest absolute Gasteiger partial charge is 0.257 e. The maximum Gasteiger partial charge on any atom is 0.257 e. The number of aromatic nitrogens is 2. The number of H-pyrrole nitrogens is 1. The van der Waals surface area contributed by atoms with Gasteiger partial charge < -0.3 is 15.0 Å². The second kappa shape index (κ2) is 8.90. The molecule has 0 bridgehead atoms. The van der Waals surface area contributed by atoms with Crippen LogP contribution in [0, 0.1) is 5.41 Å². The van der Waals surface area contributed by atoms with Crippen molar-refractivity contribution in [2.75, 3.05) is 13.2 Å². The van der Waals surface area contributed by atoms with Crippen LogP contribution in [0.4, 0.5) is 0 Å². The van der Waals surface area contributed by atoms with Crippen LogP contribution in [0.15, 0.2) is 48.5 Å². The number of aromatic amines is 1. The minimum atomic E-state index is -0.136. The Hall–Kier alpha value is -2.82. The molecular weight excluding hydrogens is 374 g/mol. The predicted octanol–water partition coefficient (Wildman–Crippen LogP) is 5.01. The molecule has 0 fully saturated rings. The summed E-state index contributed by atoms with van der Waals surface area (Å²) < 4.78 is 5.65. The molecule has 0 saturated carbocycles. The first-order valence-corrected chi connectivity index (χ1v) is 10.6. The fraction of sp³-hybridized carbons (Fsp3) is 0.440. The van der Waals surface area contributed by atoms with Crippen molar-refractivity contribution < 1.29 is 9.53 Å². The molecule has 160 valence electrons. The number of fused-ring (bicyclic) bond motifs is 1. The molecule has 2 N–H and O–H groups in total. The van der Waals surface area contributed by atoms with Gasteiger partial charge in [0.05, 0.1) is 11.0 Å². The van der Waals surface area contributed by atoms with Crippen molar-refractivity contribution in [3.05, 3.63) is 59.9 Å². The Morgan fingerprint density at radius 1 is 1.03 bits per heavy atom. The molecule has 0 atom stereocenters. The molecule has 5 nitrogen and oxygen atoms in total. The Bertz CT molecular complexity index is 949. The van der Waals surface area contributed by atoms with Crippen LogP contribution in [0.2, 0.25) is 0 Å². The molecule has 1 heterocycles. The van der Waals surface area contributed by atoms with Gasteiger partial charge in [-0.05, 0) is 47.1 Å². The maximum absolute atomic E-state index is 12.1. The van der Waals surface area contributed by atoms with Crippen molar-refractivity contribution in [3.63, 3.8) is 0 Å². The molecule has 0 unspecified atom stereocenters. The van der Waals surface area contributed by atoms with E-state index in [2.05, 4.69) is 62.0 Å². The lowest BCUT2D eigenvalue weighted by molar-refractivity contribution is -0.123. The van der Waals surface area contributed by atoms with Crippen LogP contribution in [-0.2, 0) is 16.6 Å². The number of rotatable bonds is 8. The topological polar surface area (TPSA) is 67.0 Å². The van der Waals surface area contributed by atoms with Gasteiger partial charge in [0.1, 0.15) is 11.6 Å². The average Bonchev–Trinajstić information content (AvgIpc) is 3.07. The van der Waals surface area contributed by atoms with Crippen LogP contribution in [0.3, 0.4) is 0 Å². The number of para-hydroxylation sites is 2. The van der Waals surface area contributed by atoms with Crippen LogP contribution in [-0.4, -0.2) is 29.0 Å². The molecule has 0 radical (unpaired) electrons. The fourth-order valence-electron chi connectivity index (χ4n) is 4.07. The Balaban J connectivity index is 1.44. The summed E-state index contributed by atoms with van der Waals surface area (Å²) in [5, 5.41) is 2.88. The van der Waals surface area contributed by atoms with Crippen LogP contribution in [0.5, 0.6) is 5.75 Å². The number of ether oxygens (including phenoxy) is 1. The van der Waals surface area contributed by atoms with Crippen molar-refractivity contribution in [2.24, 2.45) is 5.41 Å². The minimum Gasteiger partial charge on any atom is -0.484 e. The van der Waals surface area contributed by atoms with Gasteiger partial charge in [0, 0.05) is 13.0 Å². The zero-order valence-corrected chi connectivity index (χ0v) is 18.7. The van der Waals surface area contributed by atoms with Gasteiger partial charge in [-0.3, -0.25) is 4.79 Å². The molecule has 30 heavy (non-hydrogen) atoms. The summed E-state index contributed by atoms with van der Waals surface area (Å²) in [6.45, 7) is 11.8. The van der Waals surface area contributed by atoms with E-state index in [1.54, 1.807) is 0 Å². The molecule has 0 spiro atoms. The van der Waals surface area contributed by atoms with Crippen LogP contribution < -0.4 is 10.1 Å². The van der Waals surface area contributed by atoms with Gasteiger partial charge in [0.15, 0.2) is 6.61 Å². The predicted molar refractivity (Wildman–Crippen MR) is 122 cm³/mol. The molecule has 0 saturated heterocycles. The number of carbonyl (C=O) groups excluding carboxylic acids is 1. The highest BCUT2D eigenvalue weighted by molar-refractivity contribution is 5.77. The number of carbonyl (C=O) groups is 1. The lowest BCUT2D eigenvalue weighted by atomic mass is 9.72. The molecule has 0 aliphatic carbocycles. The van der Waals surface area contributed by atoms with Crippen LogP contribution >= 0.6 is 0 Å². The third-order valence-electron chi connectivity index (χ3n) is 5.10. The van der Waals surface area contributed by atoms with Gasteiger partial charge >= 0.3 is 0 Å². The summed E-state index contributed by atoms with van der Waals surface area (Å²) >= 11 is 0. The lowest BCUT2D eigenvalue weighted by Gasteiger charge is -2.33. The quantitative estimate of drug-likeness (QED) is 0.551. The van der Waals surface area contributed by atoms with E-state index < -0.39 is 0 Å². The first kappa shape index (κ1) is 21.9. The molecule has 3 aromatic rings. The first-order valence-electron chi connectivity index (χ1n) is 10.6. The van der Waals surface area contributed by atoms with Crippen molar-refractivity contribution >= 4 is 16.9 Å². The largest absolute Gasteiger partial charge is 0.484 e. The molecule has 5 heteroatoms. The second-order valence-corrected chi connectivity index (χ2v) is 9.73. The highest BCUT2D eigenvalue weighted by atomic mass is 16.5. The maximum atomic E-state index is 12.1. The van der Waals surface area contributed by atoms with E-state index in [9.17, 15) is 4.79 Å². The summed E-state index contributed by atoms with van der Waals surface area (Å²) in [7, 11) is 0. The highest BCUT2D eigenvalue weighted by Gasteiger charge is 2.27. The van der Waals surface area contributed by atoms with Crippen LogP contribution in [0.1, 0.15) is 52.4 Å². The molecule has 0 aliphatic heterocycles. The molecule has 2 aromatic carbocycles. The molecule has 1 amide bonds. The average molecular weight is 408 g/mol. The van der Waals surface area contributed by atoms with Gasteiger partial charge in [-0.25, -0.2) is 4.98 Å². The first-order chi connectivity index (χ1) is 14.1. The van der Waals surface area contributed by atoms with Crippen molar-refractivity contribution in [2.45, 2.75) is 52.9 Å². The van der Waals surface area contributed by atoms with Gasteiger partial charge in [-0.15, -0.1) is 0 Å². The second-order valence-electron chi connectivity index (χ2n) is 9.73. The number of amides is 1. The standard InChI is InChI=1S/C25H33N3O2/c1-24(2,3)17-25(4,5)18-10-12-19(13-11-18)30-16-23(29)26-15-14-22-27-20-8-6-7-9-21(20)28-22/h6-13H,14-17H2,1-5H3,(H,26,29)(H,27,28). The summed E-state index contributed by atoms with van der Waals surface area (Å²) in [6, 6.07) is 16.0. The zero-order valence-electron chi connectivity index (χ0n) is 18.7. The van der Waals surface area contributed by atoms with E-state index in [4.69, 9.17) is 4.74 Å². The monoisotopic (exact) mass is 407 g/mol. The summed E-state index contributed by atoms with van der Waals surface area (Å²) in [4.78, 5) is 19.9. The number of benzene rings is 2. The number of nitrogens with zero attached hydrogens (tertiary/aromatic N) is 1. The Kier molecular flexibility index (Phi) is 6.49. The van der Waals surface area contributed by atoms with E-state index in [0.29, 0.717) is 18.7 Å². The van der Waals surface area contributed by atoms with E-state index in [-0.39, 0.29) is 23.3 Å². The highest BCUT2D eigenvalue weighted by Crippen LogP contribution is 2.36. The Labute approximate surface area is 179 Å². The molecule has 3 rings (SSSR count). The van der Waals surface area contributed by atoms with E-state index >= 15 is 0 Å². The fourth-order valence-corrected chi connectivity index (χ4v) is 4.07. The zero-order chi connectivity index (χ0) is 21.8. The van der Waals surface area contributed by atoms with E-state index in [1.807, 2.05) is 36.4 Å². The van der Waals surface area contributed by atoms with Crippen LogP contribution in [0.25, 0.3) is 11.0 Å². The number of hydrogen-bond donors (Lipinski definition) is 2. The van der Waals surface area contributed by atoms with Crippen molar-refractivity contribution in [3.8, 4) is 5.75 Å². The third kappa shape index (κ3) is 6.09. The normalized spacial score (nSPS) is 12.2. The summed E-state index contributed by atoms with van der Waals surface area (Å²) in [6.07, 6.45) is 1.74. The Morgan fingerprint density at radius 3 is 2.40 bits per heavy atom. The minimum absolute atomic E-state index is 0.00482. The number of imidazole rings is 1. The van der Waals surface area contributed by atoms with Crippen molar-refractivity contribution in [1.29, 1.82) is 0 Å². The molecule has 0 aliphatic rings. The molecule has 1 aromatic heterocycles.